The van der Waals surface area contributed by atoms with Gasteiger partial charge in [0.25, 0.3) is 0 Å². The highest BCUT2D eigenvalue weighted by Crippen LogP contribution is 2.60. The molecule has 3 aliphatic carbocycles. The van der Waals surface area contributed by atoms with E-state index in [1.54, 1.807) is 33.4 Å². The van der Waals surface area contributed by atoms with Crippen LogP contribution in [-0.2, 0) is 16.2 Å². The van der Waals surface area contributed by atoms with Crippen LogP contribution in [0.2, 0.25) is 0 Å². The van der Waals surface area contributed by atoms with E-state index in [1.165, 1.54) is 383 Å². The third kappa shape index (κ3) is 21.2. The van der Waals surface area contributed by atoms with Crippen LogP contribution in [0.15, 0.2) is 233 Å². The lowest BCUT2D eigenvalue weighted by molar-refractivity contribution is 0.397. The largest absolute Gasteiger partial charge is 0.0776 e. The van der Waals surface area contributed by atoms with Crippen molar-refractivity contribution in [3.8, 4) is 55.6 Å². The number of fused-ring (bicyclic) bond motifs is 13. The van der Waals surface area contributed by atoms with Crippen molar-refractivity contribution in [3.63, 3.8) is 0 Å². The average Bonchev–Trinajstić information content (AvgIpc) is 1.50. The third-order valence-electron chi connectivity index (χ3n) is 28.0. The van der Waals surface area contributed by atoms with Gasteiger partial charge in [0.05, 0.1) is 0 Å². The lowest BCUT2D eigenvalue weighted by Crippen LogP contribution is -2.25. The number of benzene rings is 12. The van der Waals surface area contributed by atoms with Crippen molar-refractivity contribution < 1.29 is 0 Å². The van der Waals surface area contributed by atoms with Crippen LogP contribution in [0.1, 0.15) is 358 Å². The van der Waals surface area contributed by atoms with Gasteiger partial charge in [-0.2, -0.15) is 0 Å². The molecule has 0 aromatic heterocycles. The van der Waals surface area contributed by atoms with Crippen LogP contribution in [0.5, 0.6) is 0 Å². The fourth-order valence-electron chi connectivity index (χ4n) is 21.8. The second-order valence-electron chi connectivity index (χ2n) is 36.1. The van der Waals surface area contributed by atoms with E-state index >= 15 is 0 Å². The Morgan fingerprint density at radius 1 is 0.208 bits per heavy atom. The summed E-state index contributed by atoms with van der Waals surface area (Å²) in [6.07, 6.45) is 56.3. The molecule has 0 aliphatic heterocycles. The summed E-state index contributed by atoms with van der Waals surface area (Å²) in [6.45, 7) is 16.2. The first kappa shape index (κ1) is 93.4. The molecule has 0 heterocycles. The number of unbranched alkanes of at least 4 members (excludes halogenated alkanes) is 30. The average molecular weight is 1720 g/mol. The first-order valence-corrected chi connectivity index (χ1v) is 49.6. The Hall–Kier alpha value is -7.30. The molecule has 15 rings (SSSR count). The first-order valence-electron chi connectivity index (χ1n) is 48.0. The van der Waals surface area contributed by atoms with Gasteiger partial charge in [0.2, 0.25) is 0 Å². The summed E-state index contributed by atoms with van der Waals surface area (Å²) in [5.41, 5.74) is 25.8. The van der Waals surface area contributed by atoms with E-state index in [1.807, 2.05) is 0 Å². The van der Waals surface area contributed by atoms with Gasteiger partial charge >= 0.3 is 0 Å². The molecule has 12 aromatic carbocycles. The van der Waals surface area contributed by atoms with E-state index in [-0.39, 0.29) is 32.1 Å². The summed E-state index contributed by atoms with van der Waals surface area (Å²) >= 11 is 7.39. The molecule has 3 radical (unpaired) electrons. The standard InChI is InChI=1S/C72H90.C30H44.C14H8Br2.CH4.B/c1-5-9-13-17-21-33-49-71(50-34-22-18-14-10-6-2)65-43-31-29-37-57(65)59-47-45-55(53-67(59)71)69-61-39-25-27-41-63(61)70(64-42-28-26-40-62(64)69)56-46-48-60-58-38-30-32-44-66(58)72(68(60)54-56,51-35-23-19-15-11-7-3)52-36-24-20-16-12-8-4;1-4-6-8-10-12-16-22-30(23-17-13-11-9-7-5-2)28-19-15-14-18-26(28)27-21-20-25(3)24-29(27)30;15-13-9-5-1-2-6-10(9)14(16)12-8-4-3-7-11(12)13;;/h25-32,37-48,53-54H,5-24,33-36,49-52H2,1-4H3;14-15,18-21,24H,4-13,16-17,22-23H2,1-3H3;1-8H;1H4;. The van der Waals surface area contributed by atoms with E-state index < -0.39 is 0 Å². The molecule has 0 unspecified atom stereocenters. The molecule has 12 aromatic rings. The fourth-order valence-corrected chi connectivity index (χ4v) is 23.2. The molecule has 0 N–H and O–H groups in total. The highest BCUT2D eigenvalue weighted by Gasteiger charge is 2.45. The van der Waals surface area contributed by atoms with Gasteiger partial charge in [-0.1, -0.05) is 498 Å². The second-order valence-corrected chi connectivity index (χ2v) is 37.7. The zero-order chi connectivity index (χ0) is 81.9. The smallest absolute Gasteiger partial charge is 0.0332 e. The van der Waals surface area contributed by atoms with Crippen LogP contribution in [0, 0.1) is 6.92 Å². The Morgan fingerprint density at radius 3 is 0.667 bits per heavy atom. The maximum Gasteiger partial charge on any atom is 0.0332 e. The number of hydrogen-bond donors (Lipinski definition) is 0. The molecule has 3 heteroatoms. The maximum absolute atomic E-state index is 3.70. The Labute approximate surface area is 747 Å². The number of hydrogen-bond acceptors (Lipinski definition) is 0. The summed E-state index contributed by atoms with van der Waals surface area (Å²) < 4.78 is 2.34. The van der Waals surface area contributed by atoms with Gasteiger partial charge in [0, 0.05) is 33.6 Å². The van der Waals surface area contributed by atoms with Crippen molar-refractivity contribution in [3.05, 3.63) is 272 Å². The predicted molar refractivity (Wildman–Crippen MR) is 539 cm³/mol. The van der Waals surface area contributed by atoms with Crippen molar-refractivity contribution in [1.29, 1.82) is 0 Å². The van der Waals surface area contributed by atoms with Gasteiger partial charge in [-0.3, -0.25) is 0 Å². The first-order chi connectivity index (χ1) is 58.1. The van der Waals surface area contributed by atoms with Crippen LogP contribution in [0.3, 0.4) is 0 Å². The maximum atomic E-state index is 3.70. The minimum absolute atomic E-state index is 0. The molecule has 0 amide bonds. The fraction of sp³-hybridized carbons (Fsp3) is 0.453. The molecule has 0 atom stereocenters. The van der Waals surface area contributed by atoms with Crippen molar-refractivity contribution in [2.75, 3.05) is 0 Å². The molecular weight excluding hydrogens is 1580 g/mol. The summed E-state index contributed by atoms with van der Waals surface area (Å²) in [4.78, 5) is 0. The summed E-state index contributed by atoms with van der Waals surface area (Å²) in [6, 6.07) is 86.8. The number of aryl methyl sites for hydroxylation is 1. The molecule has 631 valence electrons. The highest BCUT2D eigenvalue weighted by atomic mass is 79.9. The Kier molecular flexibility index (Phi) is 36.6. The van der Waals surface area contributed by atoms with Gasteiger partial charge in [-0.05, 0) is 222 Å². The molecule has 0 bridgehead atoms. The second kappa shape index (κ2) is 47.0. The molecule has 0 spiro atoms. The van der Waals surface area contributed by atoms with E-state index in [4.69, 9.17) is 0 Å². The normalized spacial score (nSPS) is 13.3. The molecule has 120 heavy (non-hydrogen) atoms. The van der Waals surface area contributed by atoms with E-state index in [0.29, 0.717) is 0 Å². The summed E-state index contributed by atoms with van der Waals surface area (Å²) in [7, 11) is 0. The zero-order valence-electron chi connectivity index (χ0n) is 74.4. The number of rotatable bonds is 44. The minimum Gasteiger partial charge on any atom is -0.0776 e. The number of halogens is 2. The van der Waals surface area contributed by atoms with Gasteiger partial charge in [-0.25, -0.2) is 0 Å². The monoisotopic (exact) mass is 1720 g/mol. The zero-order valence-corrected chi connectivity index (χ0v) is 77.6. The van der Waals surface area contributed by atoms with E-state index in [2.05, 4.69) is 305 Å². The van der Waals surface area contributed by atoms with Crippen molar-refractivity contribution in [2.45, 2.75) is 342 Å². The Bertz CT molecular complexity index is 4770. The van der Waals surface area contributed by atoms with Crippen LogP contribution in [0.4, 0.5) is 0 Å². The topological polar surface area (TPSA) is 0 Å². The van der Waals surface area contributed by atoms with Crippen LogP contribution in [-0.4, -0.2) is 8.41 Å². The van der Waals surface area contributed by atoms with E-state index in [0.717, 1.165) is 0 Å². The Balaban J connectivity index is 0.000000238. The summed E-state index contributed by atoms with van der Waals surface area (Å²) in [5, 5.41) is 10.4. The van der Waals surface area contributed by atoms with Crippen LogP contribution < -0.4 is 0 Å². The SMILES string of the molecule is Brc1c2ccccc2c(Br)c2ccccc12.C.CCCCCCCCC1(CCCCCCCC)c2ccccc2-c2ccc(-c3c4ccccc4c(-c4ccc5c(c4)C(CCCCCCCC)(CCCCCCCC)c4ccccc4-5)c4ccccc34)cc21.CCCCCCCCC1(CCCCCCCC)c2ccccc2-c2ccc(C)cc21.[B]. The Morgan fingerprint density at radius 2 is 0.408 bits per heavy atom. The van der Waals surface area contributed by atoms with E-state index in [9.17, 15) is 0 Å². The molecule has 0 fully saturated rings. The van der Waals surface area contributed by atoms with Gasteiger partial charge in [0.1, 0.15) is 0 Å². The van der Waals surface area contributed by atoms with Gasteiger partial charge < -0.3 is 0 Å². The molecule has 0 saturated carbocycles. The highest BCUT2D eigenvalue weighted by molar-refractivity contribution is 9.11. The lowest BCUT2D eigenvalue weighted by atomic mass is 9.70. The lowest BCUT2D eigenvalue weighted by Gasteiger charge is -2.33. The summed E-state index contributed by atoms with van der Waals surface area (Å²) in [5.74, 6) is 0. The van der Waals surface area contributed by atoms with Gasteiger partial charge in [-0.15, -0.1) is 0 Å². The van der Waals surface area contributed by atoms with Crippen LogP contribution in [0.25, 0.3) is 98.7 Å². The quantitative estimate of drug-likeness (QED) is 0.0203. The van der Waals surface area contributed by atoms with Crippen molar-refractivity contribution in [2.24, 2.45) is 0 Å². The molecule has 3 aliphatic rings. The minimum atomic E-state index is 0. The molecule has 0 nitrogen and oxygen atoms in total. The van der Waals surface area contributed by atoms with Gasteiger partial charge in [0.15, 0.2) is 0 Å². The van der Waals surface area contributed by atoms with Crippen LogP contribution >= 0.6 is 31.9 Å². The van der Waals surface area contributed by atoms with Crippen molar-refractivity contribution >= 4 is 83.4 Å². The predicted octanol–water partition coefficient (Wildman–Crippen LogP) is 38.4. The van der Waals surface area contributed by atoms with Crippen molar-refractivity contribution in [1.82, 2.24) is 0 Å². The molecular formula is C117H146BBr2. The molecule has 0 saturated heterocycles. The third-order valence-corrected chi connectivity index (χ3v) is 29.7.